The second-order valence-electron chi connectivity index (χ2n) is 7.79. The van der Waals surface area contributed by atoms with E-state index in [1.165, 1.54) is 0 Å². The molecule has 3 aromatic carbocycles. The lowest BCUT2D eigenvalue weighted by Crippen LogP contribution is -2.30. The summed E-state index contributed by atoms with van der Waals surface area (Å²) in [5, 5.41) is 14.4. The highest BCUT2D eigenvalue weighted by Crippen LogP contribution is 2.45. The smallest absolute Gasteiger partial charge is 0.274 e. The highest BCUT2D eigenvalue weighted by Gasteiger charge is 2.35. The van der Waals surface area contributed by atoms with Crippen LogP contribution in [0.5, 0.6) is 5.75 Å². The summed E-state index contributed by atoms with van der Waals surface area (Å²) >= 11 is 6.30. The van der Waals surface area contributed by atoms with Gasteiger partial charge in [0.05, 0.1) is 5.69 Å². The van der Waals surface area contributed by atoms with Crippen molar-refractivity contribution in [3.63, 3.8) is 0 Å². The van der Waals surface area contributed by atoms with Gasteiger partial charge in [-0.2, -0.15) is 0 Å². The molecular weight excluding hydrogens is 398 g/mol. The summed E-state index contributed by atoms with van der Waals surface area (Å²) < 4.78 is 0. The van der Waals surface area contributed by atoms with E-state index in [9.17, 15) is 9.90 Å². The van der Waals surface area contributed by atoms with Crippen LogP contribution in [-0.4, -0.2) is 33.4 Å². The van der Waals surface area contributed by atoms with E-state index in [4.69, 9.17) is 11.6 Å². The van der Waals surface area contributed by atoms with Crippen LogP contribution in [0.15, 0.2) is 60.8 Å². The molecule has 1 atom stereocenters. The van der Waals surface area contributed by atoms with Gasteiger partial charge in [-0.25, -0.2) is 0 Å². The van der Waals surface area contributed by atoms with E-state index in [0.717, 1.165) is 43.8 Å². The molecular formula is C24H18ClN3O2. The first kappa shape index (κ1) is 17.4. The van der Waals surface area contributed by atoms with E-state index in [1.807, 2.05) is 54.7 Å². The topological polar surface area (TPSA) is 72.1 Å². The summed E-state index contributed by atoms with van der Waals surface area (Å²) in [6, 6.07) is 17.3. The van der Waals surface area contributed by atoms with Crippen LogP contribution in [-0.2, 0) is 0 Å². The Morgan fingerprint density at radius 2 is 1.83 bits per heavy atom. The van der Waals surface area contributed by atoms with Gasteiger partial charge in [-0.15, -0.1) is 11.6 Å². The summed E-state index contributed by atoms with van der Waals surface area (Å²) in [6.07, 6.45) is 1.90. The third-order valence-electron chi connectivity index (χ3n) is 6.14. The molecule has 3 N–H and O–H groups in total. The molecule has 0 radical (unpaired) electrons. The number of hydrogen-bond acceptors (Lipinski definition) is 2. The maximum Gasteiger partial charge on any atom is 0.274 e. The molecule has 1 amide bonds. The number of aromatic amines is 2. The molecule has 0 bridgehead atoms. The Morgan fingerprint density at radius 3 is 2.67 bits per heavy atom. The molecule has 6 rings (SSSR count). The Kier molecular flexibility index (Phi) is 3.65. The average molecular weight is 416 g/mol. The van der Waals surface area contributed by atoms with E-state index in [1.54, 1.807) is 11.0 Å². The number of phenolic OH excluding ortho intramolecular Hbond substituents is 1. The molecule has 0 fully saturated rings. The fraction of sp³-hybridized carbons (Fsp3) is 0.125. The number of anilines is 1. The summed E-state index contributed by atoms with van der Waals surface area (Å²) in [5.74, 6) is 0.459. The minimum absolute atomic E-state index is 0.0110. The Labute approximate surface area is 176 Å². The van der Waals surface area contributed by atoms with E-state index in [-0.39, 0.29) is 17.6 Å². The Balaban J connectivity index is 1.51. The van der Waals surface area contributed by atoms with Crippen molar-refractivity contribution in [3.8, 4) is 5.75 Å². The molecule has 3 heterocycles. The maximum absolute atomic E-state index is 13.5. The van der Waals surface area contributed by atoms with Crippen molar-refractivity contribution in [2.45, 2.75) is 5.92 Å². The molecule has 30 heavy (non-hydrogen) atoms. The molecule has 0 aliphatic carbocycles. The van der Waals surface area contributed by atoms with E-state index in [2.05, 4.69) is 9.97 Å². The first-order valence-corrected chi connectivity index (χ1v) is 10.4. The zero-order chi connectivity index (χ0) is 20.4. The van der Waals surface area contributed by atoms with Gasteiger partial charge in [-0.3, -0.25) is 4.79 Å². The van der Waals surface area contributed by atoms with Crippen molar-refractivity contribution in [1.29, 1.82) is 0 Å². The normalized spacial score (nSPS) is 16.0. The average Bonchev–Trinajstić information content (AvgIpc) is 3.48. The number of hydrogen-bond donors (Lipinski definition) is 3. The van der Waals surface area contributed by atoms with Gasteiger partial charge in [-0.1, -0.05) is 24.3 Å². The molecule has 1 aliphatic heterocycles. The van der Waals surface area contributed by atoms with Crippen molar-refractivity contribution in [3.05, 3.63) is 72.1 Å². The van der Waals surface area contributed by atoms with E-state index < -0.39 is 0 Å². The lowest BCUT2D eigenvalue weighted by atomic mass is 9.95. The monoisotopic (exact) mass is 415 g/mol. The number of carbonyl (C=O) groups excluding carboxylic acids is 1. The highest BCUT2D eigenvalue weighted by atomic mass is 35.5. The second-order valence-corrected chi connectivity index (χ2v) is 8.10. The number of carbonyl (C=O) groups is 1. The van der Waals surface area contributed by atoms with Crippen molar-refractivity contribution in [2.24, 2.45) is 0 Å². The third kappa shape index (κ3) is 2.33. The predicted molar refractivity (Wildman–Crippen MR) is 121 cm³/mol. The maximum atomic E-state index is 13.5. The van der Waals surface area contributed by atoms with Crippen LogP contribution in [0.1, 0.15) is 22.0 Å². The quantitative estimate of drug-likeness (QED) is 0.333. The molecule has 0 saturated carbocycles. The molecule has 5 nitrogen and oxygen atoms in total. The number of halogens is 1. The number of nitrogens with zero attached hydrogens (tertiary/aromatic N) is 1. The van der Waals surface area contributed by atoms with Gasteiger partial charge in [0, 0.05) is 57.8 Å². The number of H-pyrrole nitrogens is 2. The largest absolute Gasteiger partial charge is 0.507 e. The first-order valence-electron chi connectivity index (χ1n) is 9.87. The van der Waals surface area contributed by atoms with Crippen LogP contribution < -0.4 is 4.90 Å². The highest BCUT2D eigenvalue weighted by molar-refractivity contribution is 6.19. The van der Waals surface area contributed by atoms with E-state index in [0.29, 0.717) is 18.1 Å². The van der Waals surface area contributed by atoms with Gasteiger partial charge in [0.1, 0.15) is 11.4 Å². The lowest BCUT2D eigenvalue weighted by molar-refractivity contribution is 0.0984. The van der Waals surface area contributed by atoms with Gasteiger partial charge in [0.2, 0.25) is 0 Å². The summed E-state index contributed by atoms with van der Waals surface area (Å²) in [6.45, 7) is 0.486. The minimum atomic E-state index is -0.126. The number of rotatable bonds is 2. The van der Waals surface area contributed by atoms with Crippen molar-refractivity contribution in [2.75, 3.05) is 17.3 Å². The number of nitrogens with one attached hydrogen (secondary N) is 2. The van der Waals surface area contributed by atoms with Crippen molar-refractivity contribution in [1.82, 2.24) is 9.97 Å². The first-order chi connectivity index (χ1) is 14.7. The molecule has 1 aliphatic rings. The lowest BCUT2D eigenvalue weighted by Gasteiger charge is -2.17. The van der Waals surface area contributed by atoms with Crippen LogP contribution >= 0.6 is 11.6 Å². The number of phenols is 1. The number of amides is 1. The van der Waals surface area contributed by atoms with Crippen molar-refractivity contribution >= 4 is 55.8 Å². The number of fused-ring (bicyclic) bond motifs is 6. The third-order valence-corrected chi connectivity index (χ3v) is 6.51. The standard InChI is InChI=1S/C24H18ClN3O2/c25-11-13-12-28(21-10-22(29)15-3-1-2-4-16(15)23(13)21)24(30)20-9-17-14-7-8-26-18(14)5-6-19(17)27-20/h1-10,13,26-27,29H,11-12H2/t13-/m1/s1. The summed E-state index contributed by atoms with van der Waals surface area (Å²) in [7, 11) is 0. The molecule has 5 aromatic rings. The van der Waals surface area contributed by atoms with Gasteiger partial charge in [-0.05, 0) is 35.2 Å². The van der Waals surface area contributed by atoms with E-state index >= 15 is 0 Å². The predicted octanol–water partition coefficient (Wildman–Crippen LogP) is 5.49. The number of aromatic nitrogens is 2. The van der Waals surface area contributed by atoms with Crippen LogP contribution in [0.2, 0.25) is 0 Å². The molecule has 148 valence electrons. The zero-order valence-corrected chi connectivity index (χ0v) is 16.7. The molecule has 2 aromatic heterocycles. The SMILES string of the molecule is O=C(c1cc2c(ccc3[nH]ccc32)[nH]1)N1C[C@@H](CCl)c2c1cc(O)c1ccccc21. The molecule has 0 spiro atoms. The van der Waals surface area contributed by atoms with Crippen LogP contribution in [0.25, 0.3) is 32.6 Å². The van der Waals surface area contributed by atoms with Gasteiger partial charge in [0.15, 0.2) is 0 Å². The summed E-state index contributed by atoms with van der Waals surface area (Å²) in [4.78, 5) is 21.7. The Morgan fingerprint density at radius 1 is 1.03 bits per heavy atom. The second kappa shape index (κ2) is 6.28. The molecule has 6 heteroatoms. The molecule has 0 saturated heterocycles. The Hall–Kier alpha value is -3.44. The Bertz CT molecular complexity index is 1470. The minimum Gasteiger partial charge on any atom is -0.507 e. The summed E-state index contributed by atoms with van der Waals surface area (Å²) in [5.41, 5.74) is 4.22. The number of alkyl halides is 1. The van der Waals surface area contributed by atoms with Crippen LogP contribution in [0.3, 0.4) is 0 Å². The van der Waals surface area contributed by atoms with Crippen molar-refractivity contribution < 1.29 is 9.90 Å². The zero-order valence-electron chi connectivity index (χ0n) is 15.9. The van der Waals surface area contributed by atoms with Gasteiger partial charge in [0.25, 0.3) is 5.91 Å². The van der Waals surface area contributed by atoms with Gasteiger partial charge >= 0.3 is 0 Å². The fourth-order valence-corrected chi connectivity index (χ4v) is 5.00. The number of benzene rings is 3. The van der Waals surface area contributed by atoms with Crippen LogP contribution in [0, 0.1) is 0 Å². The van der Waals surface area contributed by atoms with Gasteiger partial charge < -0.3 is 20.0 Å². The van der Waals surface area contributed by atoms with Crippen LogP contribution in [0.4, 0.5) is 5.69 Å². The fourth-order valence-electron chi connectivity index (χ4n) is 4.75. The molecule has 0 unspecified atom stereocenters. The number of aromatic hydroxyl groups is 1.